The van der Waals surface area contributed by atoms with E-state index in [4.69, 9.17) is 15.2 Å². The van der Waals surface area contributed by atoms with Gasteiger partial charge in [-0.05, 0) is 62.7 Å². The lowest BCUT2D eigenvalue weighted by molar-refractivity contribution is -0.235. The quantitative estimate of drug-likeness (QED) is 0.203. The number of ether oxygens (including phenoxy) is 2. The van der Waals surface area contributed by atoms with E-state index in [-0.39, 0.29) is 24.8 Å². The van der Waals surface area contributed by atoms with Crippen molar-refractivity contribution in [3.63, 3.8) is 0 Å². The number of benzene rings is 1. The molecular formula is C35H42F2N2O7. The molecule has 6 aliphatic rings. The molecule has 7 N–H and O–H groups in total. The molecule has 11 heteroatoms. The van der Waals surface area contributed by atoms with E-state index in [9.17, 15) is 25.2 Å². The normalized spacial score (nSPS) is 45.0. The van der Waals surface area contributed by atoms with Crippen molar-refractivity contribution in [2.45, 2.75) is 94.2 Å². The Morgan fingerprint density at radius 2 is 1.91 bits per heavy atom. The maximum Gasteiger partial charge on any atom is 0.193 e. The van der Waals surface area contributed by atoms with Crippen LogP contribution in [0.15, 0.2) is 71.6 Å². The second-order valence-corrected chi connectivity index (χ2v) is 14.2. The minimum Gasteiger partial charge on any atom is -0.399 e. The summed E-state index contributed by atoms with van der Waals surface area (Å²) in [5.74, 6) is -2.23. The van der Waals surface area contributed by atoms with Gasteiger partial charge < -0.3 is 41.0 Å². The molecule has 0 aromatic heterocycles. The van der Waals surface area contributed by atoms with Crippen LogP contribution in [-0.2, 0) is 14.3 Å². The minimum atomic E-state index is -2.27. The largest absolute Gasteiger partial charge is 0.399 e. The Kier molecular flexibility index (Phi) is 7.43. The Morgan fingerprint density at radius 1 is 1.17 bits per heavy atom. The molecule has 1 aromatic rings. The van der Waals surface area contributed by atoms with Gasteiger partial charge >= 0.3 is 0 Å². The standard InChI is InChI=1S/C35H42F2N2O7/c1-32-11-10-22(41)13-25(32)26(36)14-24-23-15-29-35(28(43)17-40,33(23,2)16-27(42)34(24,32)37)46-31(45-29)19-8-6-18(7-9-19)30(44)39-21-5-3-4-20(38)12-21/h4,6-13,22-24,26-27,29-31,39-42,44H,3,5,14-17,38H2,1-2H3/t22-,23-,24-,26-,27?,29+,30?,31-,32-,33-,34-,35+/m0/s1. The fourth-order valence-electron chi connectivity index (χ4n) is 9.77. The van der Waals surface area contributed by atoms with Crippen molar-refractivity contribution in [3.05, 3.63) is 82.7 Å². The summed E-state index contributed by atoms with van der Waals surface area (Å²) in [6.45, 7) is 2.47. The molecule has 2 unspecified atom stereocenters. The van der Waals surface area contributed by atoms with Crippen molar-refractivity contribution in [1.82, 2.24) is 5.32 Å². The van der Waals surface area contributed by atoms with Gasteiger partial charge in [0.15, 0.2) is 29.6 Å². The van der Waals surface area contributed by atoms with Gasteiger partial charge in [-0.15, -0.1) is 0 Å². The first-order valence-electron chi connectivity index (χ1n) is 16.1. The molecule has 1 aromatic carbocycles. The van der Waals surface area contributed by atoms with Crippen LogP contribution in [0.5, 0.6) is 0 Å². The van der Waals surface area contributed by atoms with Crippen molar-refractivity contribution in [3.8, 4) is 0 Å². The zero-order valence-electron chi connectivity index (χ0n) is 25.9. The molecule has 248 valence electrons. The maximum atomic E-state index is 17.6. The van der Waals surface area contributed by atoms with Crippen LogP contribution < -0.4 is 11.1 Å². The Balaban J connectivity index is 1.17. The summed E-state index contributed by atoms with van der Waals surface area (Å²) < 4.78 is 46.4. The lowest BCUT2D eigenvalue weighted by Gasteiger charge is -2.63. The van der Waals surface area contributed by atoms with E-state index in [1.807, 2.05) is 6.08 Å². The van der Waals surface area contributed by atoms with Crippen molar-refractivity contribution >= 4 is 5.78 Å². The van der Waals surface area contributed by atoms with Gasteiger partial charge in [-0.2, -0.15) is 0 Å². The maximum absolute atomic E-state index is 17.6. The summed E-state index contributed by atoms with van der Waals surface area (Å²) in [4.78, 5) is 13.7. The number of rotatable bonds is 6. The molecule has 0 bridgehead atoms. The number of nitrogens with two attached hydrogens (primary N) is 1. The summed E-state index contributed by atoms with van der Waals surface area (Å²) in [5, 5.41) is 45.9. The third kappa shape index (κ3) is 4.22. The first kappa shape index (κ1) is 31.7. The Bertz CT molecular complexity index is 1550. The zero-order valence-corrected chi connectivity index (χ0v) is 25.9. The molecule has 5 aliphatic carbocycles. The molecule has 3 saturated carbocycles. The molecule has 0 radical (unpaired) electrons. The van der Waals surface area contributed by atoms with E-state index < -0.39 is 83.3 Å². The monoisotopic (exact) mass is 640 g/mol. The fourth-order valence-corrected chi connectivity index (χ4v) is 9.77. The number of aliphatic hydroxyl groups is 4. The topological polar surface area (TPSA) is 154 Å². The highest BCUT2D eigenvalue weighted by molar-refractivity contribution is 5.91. The smallest absolute Gasteiger partial charge is 0.193 e. The zero-order chi connectivity index (χ0) is 32.8. The van der Waals surface area contributed by atoms with Gasteiger partial charge in [0.1, 0.15) is 12.8 Å². The van der Waals surface area contributed by atoms with Crippen LogP contribution in [-0.4, -0.2) is 68.6 Å². The Morgan fingerprint density at radius 3 is 2.61 bits per heavy atom. The number of ketones is 1. The second-order valence-electron chi connectivity index (χ2n) is 14.2. The van der Waals surface area contributed by atoms with E-state index in [1.165, 1.54) is 18.2 Å². The summed E-state index contributed by atoms with van der Waals surface area (Å²) in [7, 11) is 0. The van der Waals surface area contributed by atoms with E-state index in [0.29, 0.717) is 16.8 Å². The average Bonchev–Trinajstić information content (AvgIpc) is 3.52. The highest BCUT2D eigenvalue weighted by Crippen LogP contribution is 2.72. The van der Waals surface area contributed by atoms with Crippen LogP contribution in [0.3, 0.4) is 0 Å². The highest BCUT2D eigenvalue weighted by atomic mass is 19.1. The third-order valence-electron chi connectivity index (χ3n) is 12.0. The number of nitrogens with one attached hydrogen (secondary N) is 1. The summed E-state index contributed by atoms with van der Waals surface area (Å²) >= 11 is 0. The third-order valence-corrected chi connectivity index (χ3v) is 12.0. The van der Waals surface area contributed by atoms with Crippen molar-refractivity contribution in [1.29, 1.82) is 0 Å². The average molecular weight is 641 g/mol. The predicted molar refractivity (Wildman–Crippen MR) is 163 cm³/mol. The number of carbonyl (C=O) groups is 1. The molecule has 1 heterocycles. The van der Waals surface area contributed by atoms with E-state index in [0.717, 1.165) is 18.5 Å². The minimum absolute atomic E-state index is 0.121. The molecule has 4 fully saturated rings. The van der Waals surface area contributed by atoms with Gasteiger partial charge in [0, 0.05) is 39.3 Å². The van der Waals surface area contributed by atoms with Crippen LogP contribution in [0, 0.1) is 22.7 Å². The number of Topliss-reactive ketones (excluding diaryl/α,β-unsaturated/α-hetero) is 1. The molecule has 7 rings (SSSR count). The molecule has 1 saturated heterocycles. The number of allylic oxidation sites excluding steroid dienone is 5. The van der Waals surface area contributed by atoms with Gasteiger partial charge in [-0.25, -0.2) is 8.78 Å². The number of aliphatic hydroxyl groups excluding tert-OH is 4. The van der Waals surface area contributed by atoms with Gasteiger partial charge in [-0.3, -0.25) is 4.79 Å². The molecule has 1 aliphatic heterocycles. The lowest BCUT2D eigenvalue weighted by atomic mass is 9.44. The van der Waals surface area contributed by atoms with Gasteiger partial charge in [-0.1, -0.05) is 49.4 Å². The molecule has 12 atom stereocenters. The van der Waals surface area contributed by atoms with Gasteiger partial charge in [0.25, 0.3) is 0 Å². The second kappa shape index (κ2) is 10.8. The van der Waals surface area contributed by atoms with E-state index in [2.05, 4.69) is 5.32 Å². The molecule has 9 nitrogen and oxygen atoms in total. The van der Waals surface area contributed by atoms with Crippen LogP contribution in [0.25, 0.3) is 0 Å². The van der Waals surface area contributed by atoms with Crippen LogP contribution >= 0.6 is 0 Å². The number of hydrogen-bond acceptors (Lipinski definition) is 9. The predicted octanol–water partition coefficient (Wildman–Crippen LogP) is 3.22. The van der Waals surface area contributed by atoms with Gasteiger partial charge in [0.05, 0.1) is 18.3 Å². The molecule has 0 amide bonds. The van der Waals surface area contributed by atoms with Gasteiger partial charge in [0.2, 0.25) is 0 Å². The fraction of sp³-hybridized carbons (Fsp3) is 0.571. The molecule has 46 heavy (non-hydrogen) atoms. The number of alkyl halides is 2. The van der Waals surface area contributed by atoms with Crippen LogP contribution in [0.1, 0.15) is 69.6 Å². The first-order valence-corrected chi connectivity index (χ1v) is 16.1. The lowest BCUT2D eigenvalue weighted by Crippen LogP contribution is -2.70. The van der Waals surface area contributed by atoms with Crippen molar-refractivity contribution in [2.75, 3.05) is 6.61 Å². The summed E-state index contributed by atoms with van der Waals surface area (Å²) in [6, 6.07) is 6.88. The van der Waals surface area contributed by atoms with Crippen LogP contribution in [0.2, 0.25) is 0 Å². The highest BCUT2D eigenvalue weighted by Gasteiger charge is 2.80. The summed E-state index contributed by atoms with van der Waals surface area (Å²) in [6.07, 6.45) is 2.13. The van der Waals surface area contributed by atoms with E-state index >= 15 is 8.78 Å². The summed E-state index contributed by atoms with van der Waals surface area (Å²) in [5.41, 5.74) is 1.95. The Labute approximate surface area is 266 Å². The van der Waals surface area contributed by atoms with Crippen LogP contribution in [0.4, 0.5) is 8.78 Å². The number of fused-ring (bicyclic) bond motifs is 7. The first-order chi connectivity index (χ1) is 21.8. The number of hydrogen-bond donors (Lipinski definition) is 6. The Hall–Kier alpha value is -2.93. The number of halogens is 2. The van der Waals surface area contributed by atoms with Crippen molar-refractivity contribution < 1.29 is 43.5 Å². The van der Waals surface area contributed by atoms with Crippen molar-refractivity contribution in [2.24, 2.45) is 28.4 Å². The molecule has 0 spiro atoms. The number of carbonyl (C=O) groups excluding carboxylic acids is 1. The molecular weight excluding hydrogens is 598 g/mol. The van der Waals surface area contributed by atoms with E-state index in [1.54, 1.807) is 44.2 Å². The SMILES string of the molecule is C[C@]12C=C[C@H](O)C=C1[C@@H](F)C[C@H]1[C@@H]3C[C@H]4O[C@H](c5ccc(C(O)NC6=CC(N)=CCC6)cc5)O[C@@]4(C(=O)CO)[C@@]3(C)CC(O)[C@@]12F.